The minimum Gasteiger partial charge on any atom is -0.504 e. The molecular formula is C14H21ClN2O3. The number of benzene rings is 1. The van der Waals surface area contributed by atoms with Crippen molar-refractivity contribution in [1.82, 2.24) is 10.6 Å². The predicted molar refractivity (Wildman–Crippen MR) is 79.2 cm³/mol. The molecule has 3 N–H and O–H groups in total. The minimum absolute atomic E-state index is 0.0174. The molecule has 1 aromatic rings. The molecule has 0 unspecified atom stereocenters. The van der Waals surface area contributed by atoms with Gasteiger partial charge in [0.05, 0.1) is 7.11 Å². The number of phenols is 1. The molecule has 0 spiro atoms. The minimum atomic E-state index is -0.0174. The summed E-state index contributed by atoms with van der Waals surface area (Å²) in [6, 6.07) is 3.24. The molecule has 1 rings (SSSR count). The molecule has 0 heterocycles. The van der Waals surface area contributed by atoms with Crippen molar-refractivity contribution < 1.29 is 14.6 Å². The van der Waals surface area contributed by atoms with Gasteiger partial charge in [0.25, 0.3) is 0 Å². The molecule has 1 amide bonds. The Bertz CT molecular complexity index is 464. The molecule has 0 saturated carbocycles. The maximum atomic E-state index is 11.3. The van der Waals surface area contributed by atoms with Crippen molar-refractivity contribution in [1.29, 1.82) is 0 Å². The van der Waals surface area contributed by atoms with E-state index in [1.807, 2.05) is 13.8 Å². The van der Waals surface area contributed by atoms with E-state index in [0.717, 1.165) is 0 Å². The van der Waals surface area contributed by atoms with Gasteiger partial charge in [0, 0.05) is 42.2 Å². The van der Waals surface area contributed by atoms with Crippen molar-refractivity contribution in [3.05, 3.63) is 22.7 Å². The van der Waals surface area contributed by atoms with Crippen molar-refractivity contribution in [2.45, 2.75) is 20.4 Å². The first-order valence-corrected chi connectivity index (χ1v) is 6.87. The van der Waals surface area contributed by atoms with Gasteiger partial charge in [-0.2, -0.15) is 0 Å². The zero-order valence-corrected chi connectivity index (χ0v) is 12.8. The Morgan fingerprint density at radius 3 is 2.70 bits per heavy atom. The van der Waals surface area contributed by atoms with E-state index in [-0.39, 0.29) is 17.6 Å². The number of rotatable bonds is 7. The standard InChI is InChI=1S/C14H21ClN2O3/c1-9(2)14(19)17-5-4-16-8-10-6-11(15)7-12(20-3)13(10)18/h6-7,9,16,18H,4-5,8H2,1-3H3,(H,17,19). The maximum Gasteiger partial charge on any atom is 0.222 e. The van der Waals surface area contributed by atoms with E-state index in [2.05, 4.69) is 10.6 Å². The maximum absolute atomic E-state index is 11.3. The first kappa shape index (κ1) is 16.6. The lowest BCUT2D eigenvalue weighted by molar-refractivity contribution is -0.123. The summed E-state index contributed by atoms with van der Waals surface area (Å²) in [7, 11) is 1.48. The average Bonchev–Trinajstić information content (AvgIpc) is 2.41. The summed E-state index contributed by atoms with van der Waals surface area (Å²) in [4.78, 5) is 11.3. The second kappa shape index (κ2) is 7.97. The number of carbonyl (C=O) groups is 1. The van der Waals surface area contributed by atoms with Crippen molar-refractivity contribution in [2.24, 2.45) is 5.92 Å². The molecule has 1 aromatic carbocycles. The lowest BCUT2D eigenvalue weighted by Crippen LogP contribution is -2.34. The molecule has 0 fully saturated rings. The van der Waals surface area contributed by atoms with Gasteiger partial charge < -0.3 is 20.5 Å². The summed E-state index contributed by atoms with van der Waals surface area (Å²) in [5, 5.41) is 16.4. The van der Waals surface area contributed by atoms with E-state index < -0.39 is 0 Å². The second-order valence-corrected chi connectivity index (χ2v) is 5.17. The van der Waals surface area contributed by atoms with Crippen LogP contribution in [0.2, 0.25) is 5.02 Å². The average molecular weight is 301 g/mol. The zero-order valence-electron chi connectivity index (χ0n) is 12.0. The number of halogens is 1. The molecule has 6 heteroatoms. The Hall–Kier alpha value is -1.46. The number of carbonyl (C=O) groups excluding carboxylic acids is 1. The zero-order chi connectivity index (χ0) is 15.1. The molecule has 0 saturated heterocycles. The number of ether oxygens (including phenoxy) is 1. The quantitative estimate of drug-likeness (QED) is 0.673. The van der Waals surface area contributed by atoms with E-state index in [1.165, 1.54) is 7.11 Å². The fourth-order valence-electron chi connectivity index (χ4n) is 1.62. The summed E-state index contributed by atoms with van der Waals surface area (Å²) in [5.74, 6) is 0.438. The van der Waals surface area contributed by atoms with Gasteiger partial charge >= 0.3 is 0 Å². The molecular weight excluding hydrogens is 280 g/mol. The van der Waals surface area contributed by atoms with Crippen LogP contribution in [-0.2, 0) is 11.3 Å². The lowest BCUT2D eigenvalue weighted by Gasteiger charge is -2.11. The van der Waals surface area contributed by atoms with Crippen molar-refractivity contribution in [2.75, 3.05) is 20.2 Å². The van der Waals surface area contributed by atoms with Crippen LogP contribution in [0.15, 0.2) is 12.1 Å². The van der Waals surface area contributed by atoms with Crippen LogP contribution in [0.5, 0.6) is 11.5 Å². The van der Waals surface area contributed by atoms with Gasteiger partial charge in [-0.3, -0.25) is 4.79 Å². The van der Waals surface area contributed by atoms with Crippen LogP contribution < -0.4 is 15.4 Å². The van der Waals surface area contributed by atoms with Crippen molar-refractivity contribution in [3.63, 3.8) is 0 Å². The van der Waals surface area contributed by atoms with E-state index in [1.54, 1.807) is 12.1 Å². The highest BCUT2D eigenvalue weighted by molar-refractivity contribution is 6.30. The summed E-state index contributed by atoms with van der Waals surface area (Å²) in [5.41, 5.74) is 0.657. The molecule has 0 radical (unpaired) electrons. The highest BCUT2D eigenvalue weighted by atomic mass is 35.5. The van der Waals surface area contributed by atoms with Crippen LogP contribution >= 0.6 is 11.6 Å². The van der Waals surface area contributed by atoms with Crippen LogP contribution in [0.4, 0.5) is 0 Å². The van der Waals surface area contributed by atoms with Gasteiger partial charge in [-0.15, -0.1) is 0 Å². The molecule has 0 aliphatic carbocycles. The topological polar surface area (TPSA) is 70.6 Å². The van der Waals surface area contributed by atoms with Crippen LogP contribution in [0.3, 0.4) is 0 Å². The smallest absolute Gasteiger partial charge is 0.222 e. The molecule has 20 heavy (non-hydrogen) atoms. The molecule has 0 aliphatic rings. The first-order valence-electron chi connectivity index (χ1n) is 6.49. The summed E-state index contributed by atoms with van der Waals surface area (Å²) < 4.78 is 5.03. The molecule has 0 aliphatic heterocycles. The monoisotopic (exact) mass is 300 g/mol. The summed E-state index contributed by atoms with van der Waals surface area (Å²) in [6.45, 7) is 5.28. The fraction of sp³-hybridized carbons (Fsp3) is 0.500. The third-order valence-electron chi connectivity index (χ3n) is 2.78. The molecule has 0 bridgehead atoms. The van der Waals surface area contributed by atoms with Crippen molar-refractivity contribution in [3.8, 4) is 11.5 Å². The normalized spacial score (nSPS) is 10.7. The number of nitrogens with one attached hydrogen (secondary N) is 2. The SMILES string of the molecule is COc1cc(Cl)cc(CNCCNC(=O)C(C)C)c1O. The number of phenolic OH excluding ortho intramolecular Hbond substituents is 1. The molecule has 5 nitrogen and oxygen atoms in total. The van der Waals surface area contributed by atoms with Crippen LogP contribution in [0, 0.1) is 5.92 Å². The number of amides is 1. The van der Waals surface area contributed by atoms with Crippen molar-refractivity contribution >= 4 is 17.5 Å². The Labute approximate surface area is 124 Å². The fourth-order valence-corrected chi connectivity index (χ4v) is 1.85. The van der Waals surface area contributed by atoms with Crippen LogP contribution in [0.25, 0.3) is 0 Å². The number of hydrogen-bond acceptors (Lipinski definition) is 4. The summed E-state index contributed by atoms with van der Waals surface area (Å²) >= 11 is 5.94. The third kappa shape index (κ3) is 4.90. The van der Waals surface area contributed by atoms with Gasteiger partial charge in [0.15, 0.2) is 11.5 Å². The molecule has 112 valence electrons. The predicted octanol–water partition coefficient (Wildman–Crippen LogP) is 1.92. The first-order chi connectivity index (χ1) is 9.45. The lowest BCUT2D eigenvalue weighted by atomic mass is 10.2. The largest absolute Gasteiger partial charge is 0.504 e. The molecule has 0 atom stereocenters. The van der Waals surface area contributed by atoms with Gasteiger partial charge in [0.1, 0.15) is 0 Å². The van der Waals surface area contributed by atoms with E-state index in [9.17, 15) is 9.90 Å². The van der Waals surface area contributed by atoms with Crippen LogP contribution in [0.1, 0.15) is 19.4 Å². The van der Waals surface area contributed by atoms with Gasteiger partial charge in [-0.1, -0.05) is 25.4 Å². The summed E-state index contributed by atoms with van der Waals surface area (Å²) in [6.07, 6.45) is 0. The second-order valence-electron chi connectivity index (χ2n) is 4.74. The Kier molecular flexibility index (Phi) is 6.61. The van der Waals surface area contributed by atoms with Gasteiger partial charge in [-0.25, -0.2) is 0 Å². The van der Waals surface area contributed by atoms with E-state index in [4.69, 9.17) is 16.3 Å². The number of hydrogen-bond donors (Lipinski definition) is 3. The van der Waals surface area contributed by atoms with E-state index >= 15 is 0 Å². The Morgan fingerprint density at radius 2 is 2.10 bits per heavy atom. The van der Waals surface area contributed by atoms with Gasteiger partial charge in [-0.05, 0) is 6.07 Å². The molecule has 0 aromatic heterocycles. The van der Waals surface area contributed by atoms with Crippen LogP contribution in [-0.4, -0.2) is 31.2 Å². The Balaban J connectivity index is 2.43. The number of aromatic hydroxyl groups is 1. The Morgan fingerprint density at radius 1 is 1.40 bits per heavy atom. The highest BCUT2D eigenvalue weighted by Gasteiger charge is 2.10. The van der Waals surface area contributed by atoms with E-state index in [0.29, 0.717) is 36.0 Å². The van der Waals surface area contributed by atoms with Gasteiger partial charge in [0.2, 0.25) is 5.91 Å². The third-order valence-corrected chi connectivity index (χ3v) is 3.00. The number of methoxy groups -OCH3 is 1. The highest BCUT2D eigenvalue weighted by Crippen LogP contribution is 2.33.